The van der Waals surface area contributed by atoms with E-state index in [0.717, 1.165) is 13.1 Å². The first kappa shape index (κ1) is 21.5. The minimum absolute atomic E-state index is 0.382. The summed E-state index contributed by atoms with van der Waals surface area (Å²) in [7, 11) is -3.36. The molecule has 0 aliphatic carbocycles. The summed E-state index contributed by atoms with van der Waals surface area (Å²) in [5, 5.41) is 2.53. The highest BCUT2D eigenvalue weighted by Crippen LogP contribution is 2.34. The molecule has 0 spiro atoms. The molecule has 27 heavy (non-hydrogen) atoms. The standard InChI is InChI=1S/C16H13Cl2F3N2O3S/c1-23(9-15(24)22-12-5-3-11(17)4-6-12)27(25,26)14-8-10(16(19,20)21)2-7-13(14)18/h2-8H,9H2,1H3,(H,22,24). The van der Waals surface area contributed by atoms with E-state index in [1.54, 1.807) is 0 Å². The number of carbonyl (C=O) groups is 1. The molecule has 1 amide bonds. The third-order valence-corrected chi connectivity index (χ3v) is 5.98. The molecule has 0 fully saturated rings. The fourth-order valence-corrected chi connectivity index (χ4v) is 3.82. The summed E-state index contributed by atoms with van der Waals surface area (Å²) in [5.41, 5.74) is -0.781. The predicted molar refractivity (Wildman–Crippen MR) is 96.4 cm³/mol. The maximum absolute atomic E-state index is 12.8. The van der Waals surface area contributed by atoms with Crippen molar-refractivity contribution in [3.05, 3.63) is 58.1 Å². The molecular weight excluding hydrogens is 428 g/mol. The van der Waals surface area contributed by atoms with Gasteiger partial charge in [0.2, 0.25) is 15.9 Å². The van der Waals surface area contributed by atoms with Crippen LogP contribution in [-0.4, -0.2) is 32.2 Å². The molecule has 0 unspecified atom stereocenters. The zero-order valence-corrected chi connectivity index (χ0v) is 16.0. The van der Waals surface area contributed by atoms with Crippen molar-refractivity contribution < 1.29 is 26.4 Å². The topological polar surface area (TPSA) is 66.5 Å². The van der Waals surface area contributed by atoms with E-state index >= 15 is 0 Å². The lowest BCUT2D eigenvalue weighted by Crippen LogP contribution is -2.35. The molecule has 11 heteroatoms. The Bertz CT molecular complexity index is 948. The van der Waals surface area contributed by atoms with Crippen molar-refractivity contribution in [1.29, 1.82) is 0 Å². The molecule has 0 aromatic heterocycles. The lowest BCUT2D eigenvalue weighted by atomic mass is 10.2. The van der Waals surface area contributed by atoms with Crippen LogP contribution in [0.15, 0.2) is 47.4 Å². The molecule has 2 aromatic carbocycles. The quantitative estimate of drug-likeness (QED) is 0.754. The molecule has 0 saturated carbocycles. The van der Waals surface area contributed by atoms with E-state index in [4.69, 9.17) is 23.2 Å². The summed E-state index contributed by atoms with van der Waals surface area (Å²) >= 11 is 11.5. The number of likely N-dealkylation sites (N-methyl/N-ethyl adjacent to an activating group) is 1. The van der Waals surface area contributed by atoms with Crippen molar-refractivity contribution in [3.8, 4) is 0 Å². The van der Waals surface area contributed by atoms with Crippen LogP contribution in [0.2, 0.25) is 10.0 Å². The van der Waals surface area contributed by atoms with Crippen LogP contribution >= 0.6 is 23.2 Å². The lowest BCUT2D eigenvalue weighted by molar-refractivity contribution is -0.137. The number of halogens is 5. The van der Waals surface area contributed by atoms with Crippen LogP contribution in [0.5, 0.6) is 0 Å². The second-order valence-corrected chi connectivity index (χ2v) is 8.32. The summed E-state index contributed by atoms with van der Waals surface area (Å²) in [6.07, 6.45) is -4.74. The van der Waals surface area contributed by atoms with Crippen molar-refractivity contribution in [1.82, 2.24) is 4.31 Å². The van der Waals surface area contributed by atoms with E-state index < -0.39 is 39.1 Å². The first-order chi connectivity index (χ1) is 12.4. The maximum Gasteiger partial charge on any atom is 0.416 e. The zero-order chi connectivity index (χ0) is 20.4. The maximum atomic E-state index is 12.8. The van der Waals surface area contributed by atoms with Gasteiger partial charge in [0.15, 0.2) is 0 Å². The second kappa shape index (κ2) is 8.05. The van der Waals surface area contributed by atoms with E-state index in [1.165, 1.54) is 24.3 Å². The second-order valence-electron chi connectivity index (χ2n) is 5.46. The van der Waals surface area contributed by atoms with Gasteiger partial charge in [0.05, 0.1) is 17.1 Å². The number of hydrogen-bond donors (Lipinski definition) is 1. The average Bonchev–Trinajstić information content (AvgIpc) is 2.56. The van der Waals surface area contributed by atoms with Gasteiger partial charge in [-0.25, -0.2) is 8.42 Å². The van der Waals surface area contributed by atoms with Gasteiger partial charge in [-0.15, -0.1) is 0 Å². The fraction of sp³-hybridized carbons (Fsp3) is 0.188. The normalized spacial score (nSPS) is 12.3. The fourth-order valence-electron chi connectivity index (χ4n) is 2.07. The summed E-state index contributed by atoms with van der Waals surface area (Å²) in [5.74, 6) is -0.688. The van der Waals surface area contributed by atoms with Crippen molar-refractivity contribution in [2.45, 2.75) is 11.1 Å². The van der Waals surface area contributed by atoms with Crippen LogP contribution in [0.1, 0.15) is 5.56 Å². The number of hydrogen-bond acceptors (Lipinski definition) is 3. The molecule has 2 aromatic rings. The number of sulfonamides is 1. The minimum Gasteiger partial charge on any atom is -0.325 e. The molecule has 0 bridgehead atoms. The molecule has 1 N–H and O–H groups in total. The number of benzene rings is 2. The largest absolute Gasteiger partial charge is 0.416 e. The minimum atomic E-state index is -4.74. The number of amides is 1. The Balaban J connectivity index is 2.20. The van der Waals surface area contributed by atoms with Crippen molar-refractivity contribution in [2.75, 3.05) is 18.9 Å². The summed E-state index contributed by atoms with van der Waals surface area (Å²) < 4.78 is 64.2. The van der Waals surface area contributed by atoms with Gasteiger partial charge in [0, 0.05) is 17.8 Å². The van der Waals surface area contributed by atoms with Gasteiger partial charge in [-0.2, -0.15) is 17.5 Å². The van der Waals surface area contributed by atoms with Crippen LogP contribution < -0.4 is 5.32 Å². The molecule has 5 nitrogen and oxygen atoms in total. The Labute approximate surface area is 163 Å². The molecule has 0 radical (unpaired) electrons. The zero-order valence-electron chi connectivity index (χ0n) is 13.7. The Morgan fingerprint density at radius 2 is 1.70 bits per heavy atom. The van der Waals surface area contributed by atoms with Crippen LogP contribution in [0.3, 0.4) is 0 Å². The van der Waals surface area contributed by atoms with Crippen molar-refractivity contribution in [3.63, 3.8) is 0 Å². The van der Waals surface area contributed by atoms with E-state index in [2.05, 4.69) is 5.32 Å². The highest BCUT2D eigenvalue weighted by Gasteiger charge is 2.34. The van der Waals surface area contributed by atoms with Crippen molar-refractivity contribution in [2.24, 2.45) is 0 Å². The van der Waals surface area contributed by atoms with E-state index in [-0.39, 0.29) is 5.02 Å². The third-order valence-electron chi connectivity index (χ3n) is 3.44. The highest BCUT2D eigenvalue weighted by atomic mass is 35.5. The molecule has 2 rings (SSSR count). The number of alkyl halides is 3. The van der Waals surface area contributed by atoms with Crippen molar-refractivity contribution >= 4 is 44.8 Å². The lowest BCUT2D eigenvalue weighted by Gasteiger charge is -2.18. The van der Waals surface area contributed by atoms with Gasteiger partial charge < -0.3 is 5.32 Å². The van der Waals surface area contributed by atoms with Crippen LogP contribution in [0.4, 0.5) is 18.9 Å². The number of nitrogens with one attached hydrogen (secondary N) is 1. The molecule has 0 aliphatic rings. The number of anilines is 1. The van der Waals surface area contributed by atoms with E-state index in [0.29, 0.717) is 27.1 Å². The van der Waals surface area contributed by atoms with Crippen LogP contribution in [0, 0.1) is 0 Å². The summed E-state index contributed by atoms with van der Waals surface area (Å²) in [4.78, 5) is 11.3. The number of carbonyl (C=O) groups excluding carboxylic acids is 1. The molecule has 0 saturated heterocycles. The Hall–Kier alpha value is -1.81. The molecule has 0 atom stereocenters. The van der Waals surface area contributed by atoms with Gasteiger partial charge in [0.25, 0.3) is 0 Å². The average molecular weight is 441 g/mol. The molecule has 146 valence electrons. The number of rotatable bonds is 5. The molecular formula is C16H13Cl2F3N2O3S. The van der Waals surface area contributed by atoms with Crippen LogP contribution in [0.25, 0.3) is 0 Å². The Morgan fingerprint density at radius 1 is 1.11 bits per heavy atom. The highest BCUT2D eigenvalue weighted by molar-refractivity contribution is 7.89. The van der Waals surface area contributed by atoms with Gasteiger partial charge in [-0.05, 0) is 42.5 Å². The van der Waals surface area contributed by atoms with E-state index in [9.17, 15) is 26.4 Å². The van der Waals surface area contributed by atoms with Gasteiger partial charge in [-0.3, -0.25) is 4.79 Å². The predicted octanol–water partition coefficient (Wildman–Crippen LogP) is 4.27. The van der Waals surface area contributed by atoms with E-state index in [1.807, 2.05) is 0 Å². The first-order valence-electron chi connectivity index (χ1n) is 7.30. The first-order valence-corrected chi connectivity index (χ1v) is 9.49. The molecule has 0 aliphatic heterocycles. The summed E-state index contributed by atoms with van der Waals surface area (Å²) in [6, 6.07) is 8.04. The number of nitrogens with zero attached hydrogens (tertiary/aromatic N) is 1. The third kappa shape index (κ3) is 5.35. The smallest absolute Gasteiger partial charge is 0.325 e. The van der Waals surface area contributed by atoms with Gasteiger partial charge in [-0.1, -0.05) is 23.2 Å². The summed E-state index contributed by atoms with van der Waals surface area (Å²) in [6.45, 7) is -0.627. The van der Waals surface area contributed by atoms with Gasteiger partial charge >= 0.3 is 6.18 Å². The van der Waals surface area contributed by atoms with Gasteiger partial charge in [0.1, 0.15) is 4.90 Å². The molecule has 0 heterocycles. The monoisotopic (exact) mass is 440 g/mol. The Morgan fingerprint density at radius 3 is 2.26 bits per heavy atom. The van der Waals surface area contributed by atoms with Crippen LogP contribution in [-0.2, 0) is 21.0 Å². The Kier molecular flexibility index (Phi) is 6.41. The SMILES string of the molecule is CN(CC(=O)Nc1ccc(Cl)cc1)S(=O)(=O)c1cc(C(F)(F)F)ccc1Cl.